The number of fused-ring (bicyclic) bond motifs is 1. The molecule has 0 radical (unpaired) electrons. The van der Waals surface area contributed by atoms with E-state index in [4.69, 9.17) is 5.73 Å². The molecule has 0 fully saturated rings. The number of anilines is 1. The number of nitrogens with zero attached hydrogens (tertiary/aromatic N) is 5. The molecule has 0 spiro atoms. The highest BCUT2D eigenvalue weighted by Crippen LogP contribution is 2.18. The Hall–Kier alpha value is -2.96. The highest BCUT2D eigenvalue weighted by atomic mass is 16.2. The molecule has 0 saturated heterocycles. The van der Waals surface area contributed by atoms with Crippen molar-refractivity contribution in [3.63, 3.8) is 0 Å². The zero-order valence-corrected chi connectivity index (χ0v) is 14.5. The summed E-state index contributed by atoms with van der Waals surface area (Å²) < 4.78 is 1.53. The van der Waals surface area contributed by atoms with Gasteiger partial charge in [0.25, 0.3) is 5.91 Å². The van der Waals surface area contributed by atoms with Crippen LogP contribution in [0.3, 0.4) is 0 Å². The molecule has 0 saturated carbocycles. The first-order valence-corrected chi connectivity index (χ1v) is 8.51. The van der Waals surface area contributed by atoms with Crippen LogP contribution in [0.5, 0.6) is 0 Å². The average molecular weight is 338 g/mol. The van der Waals surface area contributed by atoms with Crippen LogP contribution >= 0.6 is 0 Å². The summed E-state index contributed by atoms with van der Waals surface area (Å²) >= 11 is 0. The van der Waals surface area contributed by atoms with Crippen molar-refractivity contribution < 1.29 is 4.79 Å². The van der Waals surface area contributed by atoms with Crippen molar-refractivity contribution in [1.29, 1.82) is 0 Å². The molecule has 130 valence electrons. The van der Waals surface area contributed by atoms with E-state index in [0.717, 1.165) is 25.9 Å². The lowest BCUT2D eigenvalue weighted by atomic mass is 10.2. The second-order valence-electron chi connectivity index (χ2n) is 5.88. The Bertz CT molecular complexity index is 868. The minimum absolute atomic E-state index is 0.0275. The van der Waals surface area contributed by atoms with Gasteiger partial charge in [0.15, 0.2) is 5.65 Å². The third-order valence-corrected chi connectivity index (χ3v) is 3.88. The zero-order valence-electron chi connectivity index (χ0n) is 14.5. The lowest BCUT2D eigenvalue weighted by Crippen LogP contribution is -2.32. The maximum absolute atomic E-state index is 12.8. The van der Waals surface area contributed by atoms with Crippen LogP contribution in [0.2, 0.25) is 0 Å². The summed E-state index contributed by atoms with van der Waals surface area (Å²) in [6, 6.07) is 8.93. The van der Waals surface area contributed by atoms with Crippen LogP contribution in [-0.2, 0) is 0 Å². The standard InChI is InChI=1S/C18H22N6O/c1-3-9-23(10-4-2)18(25)13-11-15(19)24-16(12-13)21-17(22-24)14-7-5-6-8-20-14/h5-8,11-12H,3-4,9-10,19H2,1-2H3. The predicted octanol–water partition coefficient (Wildman–Crippen LogP) is 2.64. The Morgan fingerprint density at radius 1 is 1.20 bits per heavy atom. The van der Waals surface area contributed by atoms with E-state index in [0.29, 0.717) is 28.5 Å². The average Bonchev–Trinajstić information content (AvgIpc) is 3.06. The number of nitrogens with two attached hydrogens (primary N) is 1. The molecular formula is C18H22N6O. The lowest BCUT2D eigenvalue weighted by molar-refractivity contribution is 0.0755. The first-order valence-electron chi connectivity index (χ1n) is 8.51. The van der Waals surface area contributed by atoms with Crippen molar-refractivity contribution in [3.8, 4) is 11.5 Å². The number of carbonyl (C=O) groups is 1. The number of nitrogen functional groups attached to an aromatic ring is 1. The van der Waals surface area contributed by atoms with E-state index < -0.39 is 0 Å². The normalized spacial score (nSPS) is 11.0. The maximum atomic E-state index is 12.8. The summed E-state index contributed by atoms with van der Waals surface area (Å²) in [5, 5.41) is 4.39. The van der Waals surface area contributed by atoms with E-state index in [1.54, 1.807) is 18.3 Å². The van der Waals surface area contributed by atoms with Gasteiger partial charge in [-0.1, -0.05) is 19.9 Å². The van der Waals surface area contributed by atoms with Gasteiger partial charge in [0.2, 0.25) is 5.82 Å². The molecule has 3 aromatic heterocycles. The van der Waals surface area contributed by atoms with Crippen molar-refractivity contribution in [1.82, 2.24) is 24.5 Å². The fraction of sp³-hybridized carbons (Fsp3) is 0.333. The molecule has 0 aromatic carbocycles. The number of hydrogen-bond acceptors (Lipinski definition) is 5. The van der Waals surface area contributed by atoms with E-state index in [1.165, 1.54) is 4.52 Å². The molecule has 3 rings (SSSR count). The Morgan fingerprint density at radius 3 is 2.60 bits per heavy atom. The third kappa shape index (κ3) is 3.45. The van der Waals surface area contributed by atoms with Gasteiger partial charge >= 0.3 is 0 Å². The van der Waals surface area contributed by atoms with Gasteiger partial charge in [0.1, 0.15) is 11.5 Å². The van der Waals surface area contributed by atoms with Crippen molar-refractivity contribution >= 4 is 17.4 Å². The summed E-state index contributed by atoms with van der Waals surface area (Å²) in [6.45, 7) is 5.57. The molecule has 0 aliphatic heterocycles. The number of amides is 1. The second kappa shape index (κ2) is 7.29. The summed E-state index contributed by atoms with van der Waals surface area (Å²) in [7, 11) is 0. The van der Waals surface area contributed by atoms with Gasteiger partial charge in [-0.25, -0.2) is 4.98 Å². The van der Waals surface area contributed by atoms with Crippen LogP contribution in [0.1, 0.15) is 37.0 Å². The van der Waals surface area contributed by atoms with E-state index in [9.17, 15) is 4.79 Å². The summed E-state index contributed by atoms with van der Waals surface area (Å²) in [5.41, 5.74) is 7.84. The number of hydrogen-bond donors (Lipinski definition) is 1. The molecule has 0 atom stereocenters. The van der Waals surface area contributed by atoms with Crippen LogP contribution in [0, 0.1) is 0 Å². The molecular weight excluding hydrogens is 316 g/mol. The molecule has 3 heterocycles. The van der Waals surface area contributed by atoms with Gasteiger partial charge in [-0.15, -0.1) is 5.10 Å². The Labute approximate surface area is 146 Å². The molecule has 25 heavy (non-hydrogen) atoms. The van der Waals surface area contributed by atoms with E-state index in [-0.39, 0.29) is 5.91 Å². The first kappa shape index (κ1) is 16.9. The van der Waals surface area contributed by atoms with Gasteiger partial charge in [-0.05, 0) is 37.1 Å². The largest absolute Gasteiger partial charge is 0.384 e. The van der Waals surface area contributed by atoms with Gasteiger partial charge in [-0.2, -0.15) is 4.52 Å². The molecule has 0 bridgehead atoms. The van der Waals surface area contributed by atoms with Crippen molar-refractivity contribution in [2.45, 2.75) is 26.7 Å². The molecule has 0 aliphatic rings. The van der Waals surface area contributed by atoms with Crippen LogP contribution in [0.25, 0.3) is 17.2 Å². The van der Waals surface area contributed by atoms with Gasteiger partial charge in [-0.3, -0.25) is 9.78 Å². The highest BCUT2D eigenvalue weighted by Gasteiger charge is 2.18. The molecule has 7 heteroatoms. The molecule has 0 unspecified atom stereocenters. The van der Waals surface area contributed by atoms with Crippen molar-refractivity contribution in [2.75, 3.05) is 18.8 Å². The third-order valence-electron chi connectivity index (χ3n) is 3.88. The van der Waals surface area contributed by atoms with Gasteiger partial charge in [0, 0.05) is 24.8 Å². The summed E-state index contributed by atoms with van der Waals surface area (Å²) in [4.78, 5) is 23.4. The van der Waals surface area contributed by atoms with Gasteiger partial charge in [0.05, 0.1) is 0 Å². The molecule has 0 aliphatic carbocycles. The van der Waals surface area contributed by atoms with Crippen LogP contribution in [0.15, 0.2) is 36.5 Å². The SMILES string of the molecule is CCCN(CCC)C(=O)c1cc(N)n2nc(-c3ccccn3)nc2c1. The zero-order chi connectivity index (χ0) is 17.8. The molecule has 7 nitrogen and oxygen atoms in total. The van der Waals surface area contributed by atoms with E-state index in [1.807, 2.05) is 23.1 Å². The highest BCUT2D eigenvalue weighted by molar-refractivity contribution is 5.96. The molecule has 3 aromatic rings. The summed E-state index contributed by atoms with van der Waals surface area (Å²) in [5.74, 6) is 0.833. The Kier molecular flexibility index (Phi) is 4.92. The van der Waals surface area contributed by atoms with Crippen LogP contribution < -0.4 is 5.73 Å². The topological polar surface area (TPSA) is 89.4 Å². The van der Waals surface area contributed by atoms with Gasteiger partial charge < -0.3 is 10.6 Å². The Balaban J connectivity index is 1.99. The molecule has 1 amide bonds. The number of rotatable bonds is 6. The lowest BCUT2D eigenvalue weighted by Gasteiger charge is -2.21. The minimum atomic E-state index is -0.0275. The Morgan fingerprint density at radius 2 is 1.96 bits per heavy atom. The van der Waals surface area contributed by atoms with E-state index in [2.05, 4.69) is 28.9 Å². The first-order chi connectivity index (χ1) is 12.1. The summed E-state index contributed by atoms with van der Waals surface area (Å²) in [6.07, 6.45) is 3.52. The van der Waals surface area contributed by atoms with Crippen molar-refractivity contribution in [3.05, 3.63) is 42.1 Å². The smallest absolute Gasteiger partial charge is 0.254 e. The predicted molar refractivity (Wildman–Crippen MR) is 97.1 cm³/mol. The quantitative estimate of drug-likeness (QED) is 0.746. The number of pyridine rings is 2. The van der Waals surface area contributed by atoms with Crippen LogP contribution in [-0.4, -0.2) is 43.5 Å². The maximum Gasteiger partial charge on any atom is 0.254 e. The van der Waals surface area contributed by atoms with Crippen molar-refractivity contribution in [2.24, 2.45) is 0 Å². The fourth-order valence-electron chi connectivity index (χ4n) is 2.77. The minimum Gasteiger partial charge on any atom is -0.384 e. The second-order valence-corrected chi connectivity index (χ2v) is 5.88. The monoisotopic (exact) mass is 338 g/mol. The van der Waals surface area contributed by atoms with Crippen LogP contribution in [0.4, 0.5) is 5.82 Å². The fourth-order valence-corrected chi connectivity index (χ4v) is 2.77. The number of aromatic nitrogens is 4. The molecule has 2 N–H and O–H groups in total. The number of carbonyl (C=O) groups excluding carboxylic acids is 1. The van der Waals surface area contributed by atoms with E-state index >= 15 is 0 Å².